The van der Waals surface area contributed by atoms with E-state index in [0.29, 0.717) is 0 Å². The van der Waals surface area contributed by atoms with Gasteiger partial charge in [-0.05, 0) is 61.1 Å². The van der Waals surface area contributed by atoms with E-state index in [1.165, 1.54) is 43.4 Å². The average molecular weight is 497 g/mol. The standard InChI is InChI=1S/C38H24O/c1-3-13-25(14-4-1)35-29-19-9-11-21-31(29)37(32-22-12-10-20-30(32)35)38-36(26-15-5-2-6-16-26)33-23-27-17-7-8-18-28(27)24-34(33)39-38/h1-24H. The molecule has 1 nitrogen and oxygen atoms in total. The summed E-state index contributed by atoms with van der Waals surface area (Å²) >= 11 is 0. The molecule has 0 aliphatic carbocycles. The molecule has 0 atom stereocenters. The first-order valence-electron chi connectivity index (χ1n) is 13.4. The first-order valence-corrected chi connectivity index (χ1v) is 13.4. The molecular formula is C38H24O. The lowest BCUT2D eigenvalue weighted by atomic mass is 9.86. The zero-order valence-corrected chi connectivity index (χ0v) is 21.3. The smallest absolute Gasteiger partial charge is 0.144 e. The third-order valence-corrected chi connectivity index (χ3v) is 7.84. The van der Waals surface area contributed by atoms with E-state index in [2.05, 4.69) is 146 Å². The lowest BCUT2D eigenvalue weighted by Crippen LogP contribution is -1.91. The number of hydrogen-bond acceptors (Lipinski definition) is 1. The number of fused-ring (bicyclic) bond motifs is 4. The van der Waals surface area contributed by atoms with E-state index in [0.717, 1.165) is 33.4 Å². The van der Waals surface area contributed by atoms with Crippen LogP contribution in [0.3, 0.4) is 0 Å². The fraction of sp³-hybridized carbons (Fsp3) is 0. The second-order valence-electron chi connectivity index (χ2n) is 10.1. The average Bonchev–Trinajstić information content (AvgIpc) is 3.37. The molecule has 0 N–H and O–H groups in total. The predicted molar refractivity (Wildman–Crippen MR) is 165 cm³/mol. The minimum Gasteiger partial charge on any atom is -0.455 e. The first kappa shape index (κ1) is 21.9. The Hall–Kier alpha value is -5.14. The Bertz CT molecular complexity index is 2090. The molecule has 39 heavy (non-hydrogen) atoms. The normalized spacial score (nSPS) is 11.6. The van der Waals surface area contributed by atoms with Crippen molar-refractivity contribution < 1.29 is 4.42 Å². The van der Waals surface area contributed by atoms with Gasteiger partial charge in [-0.2, -0.15) is 0 Å². The molecule has 0 saturated heterocycles. The molecule has 0 radical (unpaired) electrons. The summed E-state index contributed by atoms with van der Waals surface area (Å²) in [5.41, 5.74) is 6.81. The fourth-order valence-electron chi connectivity index (χ4n) is 6.14. The Morgan fingerprint density at radius 3 is 1.33 bits per heavy atom. The highest BCUT2D eigenvalue weighted by Gasteiger charge is 2.24. The van der Waals surface area contributed by atoms with Crippen molar-refractivity contribution in [2.75, 3.05) is 0 Å². The second kappa shape index (κ2) is 8.72. The number of rotatable bonds is 3. The maximum absolute atomic E-state index is 6.91. The van der Waals surface area contributed by atoms with Crippen LogP contribution in [0.4, 0.5) is 0 Å². The van der Waals surface area contributed by atoms with Crippen molar-refractivity contribution in [2.45, 2.75) is 0 Å². The minimum atomic E-state index is 0.905. The van der Waals surface area contributed by atoms with Gasteiger partial charge in [0.2, 0.25) is 0 Å². The number of benzene rings is 7. The monoisotopic (exact) mass is 496 g/mol. The molecule has 0 aliphatic heterocycles. The first-order chi connectivity index (χ1) is 19.4. The molecule has 1 heteroatoms. The van der Waals surface area contributed by atoms with Crippen molar-refractivity contribution >= 4 is 43.3 Å². The molecule has 0 unspecified atom stereocenters. The number of hydrogen-bond donors (Lipinski definition) is 0. The van der Waals surface area contributed by atoms with Crippen LogP contribution in [0.25, 0.3) is 76.9 Å². The summed E-state index contributed by atoms with van der Waals surface area (Å²) in [6, 6.07) is 51.8. The van der Waals surface area contributed by atoms with Gasteiger partial charge in [0.1, 0.15) is 11.3 Å². The third kappa shape index (κ3) is 3.41. The SMILES string of the molecule is c1ccc(-c2c(-c3c4ccccc4c(-c4ccccc4)c4ccccc34)oc3cc4ccccc4cc23)cc1. The zero-order valence-electron chi connectivity index (χ0n) is 21.3. The van der Waals surface area contributed by atoms with Crippen molar-refractivity contribution in [3.05, 3.63) is 146 Å². The predicted octanol–water partition coefficient (Wildman–Crippen LogP) is 10.9. The zero-order chi connectivity index (χ0) is 25.8. The molecule has 0 bridgehead atoms. The van der Waals surface area contributed by atoms with Gasteiger partial charge in [0.25, 0.3) is 0 Å². The maximum Gasteiger partial charge on any atom is 0.144 e. The summed E-state index contributed by atoms with van der Waals surface area (Å²) in [5.74, 6) is 0.915. The lowest BCUT2D eigenvalue weighted by molar-refractivity contribution is 0.634. The molecule has 1 aromatic heterocycles. The molecule has 7 aromatic carbocycles. The topological polar surface area (TPSA) is 13.1 Å². The van der Waals surface area contributed by atoms with Gasteiger partial charge in [-0.15, -0.1) is 0 Å². The van der Waals surface area contributed by atoms with Gasteiger partial charge in [0, 0.05) is 16.5 Å². The highest BCUT2D eigenvalue weighted by molar-refractivity contribution is 6.23. The maximum atomic E-state index is 6.91. The Morgan fingerprint density at radius 1 is 0.333 bits per heavy atom. The van der Waals surface area contributed by atoms with E-state index in [1.807, 2.05) is 0 Å². The van der Waals surface area contributed by atoms with E-state index >= 15 is 0 Å². The summed E-state index contributed by atoms with van der Waals surface area (Å²) in [7, 11) is 0. The van der Waals surface area contributed by atoms with Gasteiger partial charge in [-0.25, -0.2) is 0 Å². The highest BCUT2D eigenvalue weighted by Crippen LogP contribution is 2.49. The van der Waals surface area contributed by atoms with Gasteiger partial charge < -0.3 is 4.42 Å². The summed E-state index contributed by atoms with van der Waals surface area (Å²) in [6.45, 7) is 0. The van der Waals surface area contributed by atoms with Crippen molar-refractivity contribution in [3.8, 4) is 33.6 Å². The van der Waals surface area contributed by atoms with Crippen molar-refractivity contribution in [1.29, 1.82) is 0 Å². The van der Waals surface area contributed by atoms with Gasteiger partial charge >= 0.3 is 0 Å². The Kier molecular flexibility index (Phi) is 4.89. The van der Waals surface area contributed by atoms with E-state index in [4.69, 9.17) is 4.42 Å². The van der Waals surface area contributed by atoms with E-state index < -0.39 is 0 Å². The summed E-state index contributed by atoms with van der Waals surface area (Å²) < 4.78 is 6.91. The van der Waals surface area contributed by atoms with Gasteiger partial charge in [0.15, 0.2) is 0 Å². The van der Waals surface area contributed by atoms with Crippen molar-refractivity contribution in [3.63, 3.8) is 0 Å². The molecule has 0 amide bonds. The van der Waals surface area contributed by atoms with Crippen molar-refractivity contribution in [2.24, 2.45) is 0 Å². The third-order valence-electron chi connectivity index (χ3n) is 7.84. The molecular weight excluding hydrogens is 472 g/mol. The molecule has 0 fully saturated rings. The molecule has 8 rings (SSSR count). The Balaban J connectivity index is 1.57. The summed E-state index contributed by atoms with van der Waals surface area (Å²) in [6.07, 6.45) is 0. The van der Waals surface area contributed by atoms with Crippen LogP contribution in [0.5, 0.6) is 0 Å². The van der Waals surface area contributed by atoms with Gasteiger partial charge in [0.05, 0.1) is 0 Å². The highest BCUT2D eigenvalue weighted by atomic mass is 16.3. The van der Waals surface area contributed by atoms with Crippen LogP contribution in [0.1, 0.15) is 0 Å². The van der Waals surface area contributed by atoms with Crippen LogP contribution < -0.4 is 0 Å². The minimum absolute atomic E-state index is 0.905. The lowest BCUT2D eigenvalue weighted by Gasteiger charge is -2.17. The van der Waals surface area contributed by atoms with Crippen LogP contribution in [-0.2, 0) is 0 Å². The van der Waals surface area contributed by atoms with Gasteiger partial charge in [-0.1, -0.05) is 133 Å². The van der Waals surface area contributed by atoms with Crippen LogP contribution in [0.2, 0.25) is 0 Å². The molecule has 1 heterocycles. The van der Waals surface area contributed by atoms with Crippen LogP contribution in [-0.4, -0.2) is 0 Å². The van der Waals surface area contributed by atoms with Gasteiger partial charge in [-0.3, -0.25) is 0 Å². The second-order valence-corrected chi connectivity index (χ2v) is 10.1. The molecule has 0 saturated carbocycles. The Labute approximate surface area is 226 Å². The largest absolute Gasteiger partial charge is 0.455 e. The van der Waals surface area contributed by atoms with Crippen LogP contribution >= 0.6 is 0 Å². The van der Waals surface area contributed by atoms with E-state index in [1.54, 1.807) is 0 Å². The summed E-state index contributed by atoms with van der Waals surface area (Å²) in [4.78, 5) is 0. The molecule has 182 valence electrons. The van der Waals surface area contributed by atoms with Crippen LogP contribution in [0.15, 0.2) is 150 Å². The quantitative estimate of drug-likeness (QED) is 0.222. The van der Waals surface area contributed by atoms with E-state index in [-0.39, 0.29) is 0 Å². The molecule has 0 spiro atoms. The Morgan fingerprint density at radius 2 is 0.769 bits per heavy atom. The summed E-state index contributed by atoms with van der Waals surface area (Å²) in [5, 5.41) is 8.36. The fourth-order valence-corrected chi connectivity index (χ4v) is 6.14. The molecule has 8 aromatic rings. The van der Waals surface area contributed by atoms with E-state index in [9.17, 15) is 0 Å². The molecule has 0 aliphatic rings. The van der Waals surface area contributed by atoms with Crippen LogP contribution in [0, 0.1) is 0 Å². The number of furan rings is 1. The van der Waals surface area contributed by atoms with Crippen molar-refractivity contribution in [1.82, 2.24) is 0 Å².